The van der Waals surface area contributed by atoms with Crippen molar-refractivity contribution in [3.63, 3.8) is 0 Å². The molecule has 2 fully saturated rings. The molecular formula is C28H24F10N+. The average Bonchev–Trinajstić information content (AvgIpc) is 2.88. The predicted octanol–water partition coefficient (Wildman–Crippen LogP) is 8.47. The summed E-state index contributed by atoms with van der Waals surface area (Å²) in [6, 6.07) is 16.1. The SMILES string of the molecule is Cc1ccccc1-c1cc(C2CCC3(CC2)C(F)(F)C(F)(F)C(F)(F)C(F)(F)C3(F)F)c2ccccc2[n+]1C. The van der Waals surface area contributed by atoms with E-state index in [-0.39, 0.29) is 0 Å². The fourth-order valence-electron chi connectivity index (χ4n) is 6.36. The largest absolute Gasteiger partial charge is 0.384 e. The molecule has 210 valence electrons. The highest BCUT2D eigenvalue weighted by atomic mass is 19.4. The van der Waals surface area contributed by atoms with Gasteiger partial charge in [0.25, 0.3) is 0 Å². The lowest BCUT2D eigenvalue weighted by molar-refractivity contribution is -0.633. The van der Waals surface area contributed by atoms with E-state index >= 15 is 0 Å². The minimum Gasteiger partial charge on any atom is -0.199 e. The lowest BCUT2D eigenvalue weighted by Gasteiger charge is -2.58. The van der Waals surface area contributed by atoms with Crippen LogP contribution in [0.15, 0.2) is 54.6 Å². The van der Waals surface area contributed by atoms with E-state index in [4.69, 9.17) is 0 Å². The first-order valence-corrected chi connectivity index (χ1v) is 12.3. The lowest BCUT2D eigenvalue weighted by Crippen LogP contribution is -2.82. The van der Waals surface area contributed by atoms with Gasteiger partial charge in [0.05, 0.1) is 0 Å². The van der Waals surface area contributed by atoms with E-state index in [9.17, 15) is 43.9 Å². The molecule has 1 aromatic heterocycles. The summed E-state index contributed by atoms with van der Waals surface area (Å²) in [4.78, 5) is 0. The highest BCUT2D eigenvalue weighted by molar-refractivity contribution is 5.82. The first-order valence-electron chi connectivity index (χ1n) is 12.3. The number of nitrogens with zero attached hydrogens (tertiary/aromatic N) is 1. The Hall–Kier alpha value is -2.85. The zero-order chi connectivity index (χ0) is 28.8. The summed E-state index contributed by atoms with van der Waals surface area (Å²) in [7, 11) is 1.80. The number of pyridine rings is 1. The second-order valence-corrected chi connectivity index (χ2v) is 10.6. The minimum atomic E-state index is -6.94. The lowest BCUT2D eigenvalue weighted by atomic mass is 9.55. The van der Waals surface area contributed by atoms with Gasteiger partial charge in [-0.2, -0.15) is 48.5 Å². The Balaban J connectivity index is 1.62. The summed E-state index contributed by atoms with van der Waals surface area (Å²) < 4.78 is 146. The van der Waals surface area contributed by atoms with Crippen LogP contribution in [-0.2, 0) is 7.05 Å². The van der Waals surface area contributed by atoms with Crippen LogP contribution in [0.2, 0.25) is 0 Å². The van der Waals surface area contributed by atoms with Gasteiger partial charge in [0, 0.05) is 23.1 Å². The predicted molar refractivity (Wildman–Crippen MR) is 124 cm³/mol. The van der Waals surface area contributed by atoms with Crippen molar-refractivity contribution in [2.45, 2.75) is 68.1 Å². The van der Waals surface area contributed by atoms with Gasteiger partial charge in [-0.05, 0) is 61.8 Å². The molecule has 0 atom stereocenters. The molecule has 0 unspecified atom stereocenters. The van der Waals surface area contributed by atoms with Gasteiger partial charge in [-0.25, -0.2) is 0 Å². The first kappa shape index (κ1) is 27.7. The van der Waals surface area contributed by atoms with Crippen molar-refractivity contribution in [3.8, 4) is 11.3 Å². The van der Waals surface area contributed by atoms with Gasteiger partial charge in [0.2, 0.25) is 11.2 Å². The maximum absolute atomic E-state index is 15.0. The Morgan fingerprint density at radius 3 is 1.72 bits per heavy atom. The second-order valence-electron chi connectivity index (χ2n) is 10.6. The van der Waals surface area contributed by atoms with E-state index in [1.807, 2.05) is 35.8 Å². The van der Waals surface area contributed by atoms with Crippen molar-refractivity contribution in [1.82, 2.24) is 0 Å². The zero-order valence-corrected chi connectivity index (χ0v) is 20.8. The van der Waals surface area contributed by atoms with Gasteiger partial charge in [0.1, 0.15) is 12.5 Å². The van der Waals surface area contributed by atoms with Crippen LogP contribution in [0, 0.1) is 12.3 Å². The van der Waals surface area contributed by atoms with Crippen LogP contribution in [0.1, 0.15) is 42.7 Å². The van der Waals surface area contributed by atoms with Gasteiger partial charge in [-0.1, -0.05) is 30.3 Å². The molecule has 2 aliphatic rings. The molecule has 2 aromatic carbocycles. The Bertz CT molecular complexity index is 1410. The Kier molecular flexibility index (Phi) is 5.92. The molecule has 0 saturated heterocycles. The summed E-state index contributed by atoms with van der Waals surface area (Å²) in [6.45, 7) is 1.87. The highest BCUT2D eigenvalue weighted by Gasteiger charge is 2.99. The molecular weight excluding hydrogens is 540 g/mol. The molecule has 5 rings (SSSR count). The minimum absolute atomic E-state index is 0.545. The molecule has 1 heterocycles. The van der Waals surface area contributed by atoms with Crippen molar-refractivity contribution < 1.29 is 48.5 Å². The van der Waals surface area contributed by atoms with Crippen LogP contribution in [0.4, 0.5) is 43.9 Å². The number of hydrogen-bond donors (Lipinski definition) is 0. The summed E-state index contributed by atoms with van der Waals surface area (Å²) in [6.07, 6.45) is -4.19. The van der Waals surface area contributed by atoms with Gasteiger partial charge in [-0.15, -0.1) is 0 Å². The summed E-state index contributed by atoms with van der Waals surface area (Å²) in [5, 5.41) is 0.641. The average molecular weight is 564 g/mol. The van der Waals surface area contributed by atoms with Crippen molar-refractivity contribution >= 4 is 10.9 Å². The van der Waals surface area contributed by atoms with E-state index in [2.05, 4.69) is 0 Å². The topological polar surface area (TPSA) is 3.88 Å². The number of fused-ring (bicyclic) bond motifs is 1. The molecule has 0 bridgehead atoms. The molecule has 11 heteroatoms. The molecule has 0 radical (unpaired) electrons. The first-order chi connectivity index (χ1) is 18.0. The maximum Gasteiger partial charge on any atom is 0.384 e. The van der Waals surface area contributed by atoms with E-state index in [0.717, 1.165) is 11.1 Å². The summed E-state index contributed by atoms with van der Waals surface area (Å²) in [5.74, 6) is -33.2. The number of para-hydroxylation sites is 1. The van der Waals surface area contributed by atoms with E-state index in [1.54, 1.807) is 37.4 Å². The van der Waals surface area contributed by atoms with Crippen LogP contribution in [0.25, 0.3) is 22.2 Å². The van der Waals surface area contributed by atoms with Crippen LogP contribution in [0.3, 0.4) is 0 Å². The van der Waals surface area contributed by atoms with Crippen LogP contribution < -0.4 is 4.57 Å². The third-order valence-corrected chi connectivity index (χ3v) is 8.71. The third kappa shape index (κ3) is 3.24. The second kappa shape index (κ2) is 8.33. The number of halogens is 10. The molecule has 0 aliphatic heterocycles. The number of alkyl halides is 10. The Labute approximate surface area is 217 Å². The standard InChI is InChI=1S/C28H24F10N/c1-16-7-3-4-8-18(16)22-15-20(19-9-5-6-10-21(19)39(22)2)17-11-13-23(14-12-17)24(29,30)26(33,34)28(37,38)27(35,36)25(23,31)32/h3-10,15,17H,11-14H2,1-2H3/q+1. The molecule has 39 heavy (non-hydrogen) atoms. The summed E-state index contributed by atoms with van der Waals surface area (Å²) >= 11 is 0. The number of benzene rings is 2. The van der Waals surface area contributed by atoms with Gasteiger partial charge < -0.3 is 0 Å². The molecule has 1 spiro atoms. The van der Waals surface area contributed by atoms with Crippen molar-refractivity contribution in [1.29, 1.82) is 0 Å². The van der Waals surface area contributed by atoms with Crippen LogP contribution in [-0.4, -0.2) is 29.6 Å². The number of rotatable bonds is 2. The van der Waals surface area contributed by atoms with Crippen LogP contribution >= 0.6 is 0 Å². The quantitative estimate of drug-likeness (QED) is 0.217. The number of aryl methyl sites for hydroxylation is 2. The molecule has 0 amide bonds. The fourth-order valence-corrected chi connectivity index (χ4v) is 6.36. The normalized spacial score (nSPS) is 24.6. The zero-order valence-electron chi connectivity index (χ0n) is 20.8. The summed E-state index contributed by atoms with van der Waals surface area (Å²) in [5.41, 5.74) is -0.662. The monoisotopic (exact) mass is 564 g/mol. The van der Waals surface area contributed by atoms with Gasteiger partial charge in [-0.3, -0.25) is 0 Å². The van der Waals surface area contributed by atoms with Gasteiger partial charge in [0.15, 0.2) is 0 Å². The molecule has 0 N–H and O–H groups in total. The maximum atomic E-state index is 15.0. The third-order valence-electron chi connectivity index (χ3n) is 8.71. The molecule has 1 nitrogen and oxygen atoms in total. The molecule has 2 aliphatic carbocycles. The number of aromatic nitrogens is 1. The van der Waals surface area contributed by atoms with E-state index in [0.29, 0.717) is 22.2 Å². The smallest absolute Gasteiger partial charge is 0.199 e. The van der Waals surface area contributed by atoms with E-state index < -0.39 is 66.6 Å². The highest BCUT2D eigenvalue weighted by Crippen LogP contribution is 2.75. The van der Waals surface area contributed by atoms with Crippen molar-refractivity contribution in [2.75, 3.05) is 0 Å². The Morgan fingerprint density at radius 2 is 1.15 bits per heavy atom. The fraction of sp³-hybridized carbons (Fsp3) is 0.464. The van der Waals surface area contributed by atoms with Crippen molar-refractivity contribution in [2.24, 2.45) is 12.5 Å². The molecule has 3 aromatic rings. The van der Waals surface area contributed by atoms with Crippen molar-refractivity contribution in [3.05, 3.63) is 65.7 Å². The van der Waals surface area contributed by atoms with Crippen LogP contribution in [0.5, 0.6) is 0 Å². The molecule has 2 saturated carbocycles. The van der Waals surface area contributed by atoms with Gasteiger partial charge >= 0.3 is 29.6 Å². The Morgan fingerprint density at radius 1 is 0.667 bits per heavy atom. The number of hydrogen-bond acceptors (Lipinski definition) is 0. The van der Waals surface area contributed by atoms with E-state index in [1.165, 1.54) is 0 Å².